The molecule has 2 heterocycles. The van der Waals surface area contributed by atoms with Crippen molar-refractivity contribution in [2.45, 2.75) is 26.8 Å². The monoisotopic (exact) mass is 235 g/mol. The standard InChI is InChI=1S/C12H17N3S/c1-8-7-11(10(3)16-8)9(2)14-12-5-6-13-15(12)4/h5-7,9,14H,1-4H3. The van der Waals surface area contributed by atoms with E-state index in [0.29, 0.717) is 6.04 Å². The fourth-order valence-corrected chi connectivity index (χ4v) is 2.92. The van der Waals surface area contributed by atoms with Crippen molar-refractivity contribution in [1.29, 1.82) is 0 Å². The summed E-state index contributed by atoms with van der Waals surface area (Å²) in [5.41, 5.74) is 1.38. The molecule has 0 saturated heterocycles. The highest BCUT2D eigenvalue weighted by molar-refractivity contribution is 7.12. The zero-order valence-corrected chi connectivity index (χ0v) is 10.9. The van der Waals surface area contributed by atoms with Crippen molar-refractivity contribution < 1.29 is 0 Å². The van der Waals surface area contributed by atoms with Gasteiger partial charge in [0.15, 0.2) is 0 Å². The second-order valence-corrected chi connectivity index (χ2v) is 5.54. The van der Waals surface area contributed by atoms with Crippen LogP contribution in [0.5, 0.6) is 0 Å². The van der Waals surface area contributed by atoms with Gasteiger partial charge in [-0.3, -0.25) is 4.68 Å². The smallest absolute Gasteiger partial charge is 0.124 e. The van der Waals surface area contributed by atoms with Crippen LogP contribution in [0, 0.1) is 13.8 Å². The predicted molar refractivity (Wildman–Crippen MR) is 69.0 cm³/mol. The topological polar surface area (TPSA) is 29.9 Å². The first-order chi connectivity index (χ1) is 7.58. The van der Waals surface area contributed by atoms with Gasteiger partial charge < -0.3 is 5.32 Å². The molecule has 3 nitrogen and oxygen atoms in total. The molecular formula is C12H17N3S. The van der Waals surface area contributed by atoms with Crippen LogP contribution >= 0.6 is 11.3 Å². The van der Waals surface area contributed by atoms with Crippen molar-refractivity contribution in [3.63, 3.8) is 0 Å². The number of nitrogens with zero attached hydrogens (tertiary/aromatic N) is 2. The molecule has 86 valence electrons. The molecule has 4 heteroatoms. The van der Waals surface area contributed by atoms with Gasteiger partial charge in [-0.15, -0.1) is 11.3 Å². The molecule has 2 rings (SSSR count). The molecule has 0 aliphatic rings. The third-order valence-corrected chi connectivity index (χ3v) is 3.71. The number of hydrogen-bond acceptors (Lipinski definition) is 3. The van der Waals surface area contributed by atoms with Crippen LogP contribution in [0.25, 0.3) is 0 Å². The van der Waals surface area contributed by atoms with Gasteiger partial charge in [0.1, 0.15) is 5.82 Å². The van der Waals surface area contributed by atoms with Crippen molar-refractivity contribution in [3.8, 4) is 0 Å². The predicted octanol–water partition coefficient (Wildman–Crippen LogP) is 3.27. The quantitative estimate of drug-likeness (QED) is 0.885. The molecular weight excluding hydrogens is 218 g/mol. The summed E-state index contributed by atoms with van der Waals surface area (Å²) in [6.45, 7) is 6.51. The summed E-state index contributed by atoms with van der Waals surface area (Å²) in [5, 5.41) is 7.62. The molecule has 0 spiro atoms. The zero-order valence-electron chi connectivity index (χ0n) is 10.1. The van der Waals surface area contributed by atoms with Crippen LogP contribution in [0.15, 0.2) is 18.3 Å². The molecule has 1 unspecified atom stereocenters. The average molecular weight is 235 g/mol. The molecule has 1 atom stereocenters. The molecule has 0 fully saturated rings. The summed E-state index contributed by atoms with van der Waals surface area (Å²) in [4.78, 5) is 2.76. The van der Waals surface area contributed by atoms with Crippen LogP contribution in [0.2, 0.25) is 0 Å². The van der Waals surface area contributed by atoms with Gasteiger partial charge in [0.25, 0.3) is 0 Å². The Morgan fingerprint density at radius 2 is 2.19 bits per heavy atom. The van der Waals surface area contributed by atoms with Crippen molar-refractivity contribution in [3.05, 3.63) is 33.6 Å². The summed E-state index contributed by atoms with van der Waals surface area (Å²) >= 11 is 1.85. The minimum absolute atomic E-state index is 0.320. The van der Waals surface area contributed by atoms with E-state index in [0.717, 1.165) is 5.82 Å². The highest BCUT2D eigenvalue weighted by Gasteiger charge is 2.12. The molecule has 0 amide bonds. The van der Waals surface area contributed by atoms with Crippen LogP contribution in [0.4, 0.5) is 5.82 Å². The van der Waals surface area contributed by atoms with Gasteiger partial charge in [-0.05, 0) is 32.4 Å². The minimum atomic E-state index is 0.320. The average Bonchev–Trinajstić information content (AvgIpc) is 2.74. The highest BCUT2D eigenvalue weighted by Crippen LogP contribution is 2.28. The fourth-order valence-electron chi connectivity index (χ4n) is 1.90. The number of rotatable bonds is 3. The number of aromatic nitrogens is 2. The van der Waals surface area contributed by atoms with Crippen molar-refractivity contribution in [1.82, 2.24) is 9.78 Å². The molecule has 16 heavy (non-hydrogen) atoms. The summed E-state index contributed by atoms with van der Waals surface area (Å²) in [6.07, 6.45) is 1.81. The van der Waals surface area contributed by atoms with Crippen molar-refractivity contribution in [2.24, 2.45) is 7.05 Å². The normalized spacial score (nSPS) is 12.8. The first kappa shape index (κ1) is 11.2. The van der Waals surface area contributed by atoms with Crippen molar-refractivity contribution >= 4 is 17.2 Å². The van der Waals surface area contributed by atoms with E-state index in [1.807, 2.05) is 29.1 Å². The number of aryl methyl sites for hydroxylation is 3. The van der Waals surface area contributed by atoms with Crippen LogP contribution in [0.3, 0.4) is 0 Å². The summed E-state index contributed by atoms with van der Waals surface area (Å²) in [7, 11) is 1.95. The third-order valence-electron chi connectivity index (χ3n) is 2.73. The lowest BCUT2D eigenvalue weighted by Crippen LogP contribution is -2.10. The SMILES string of the molecule is Cc1cc(C(C)Nc2ccnn2C)c(C)s1. The minimum Gasteiger partial charge on any atom is -0.364 e. The van der Waals surface area contributed by atoms with E-state index in [-0.39, 0.29) is 0 Å². The zero-order chi connectivity index (χ0) is 11.7. The Hall–Kier alpha value is -1.29. The Balaban J connectivity index is 2.17. The number of hydrogen-bond donors (Lipinski definition) is 1. The van der Waals surface area contributed by atoms with E-state index < -0.39 is 0 Å². The van der Waals surface area contributed by atoms with E-state index in [4.69, 9.17) is 0 Å². The van der Waals surface area contributed by atoms with Gasteiger partial charge in [-0.25, -0.2) is 0 Å². The lowest BCUT2D eigenvalue weighted by molar-refractivity contribution is 0.750. The fraction of sp³-hybridized carbons (Fsp3) is 0.417. The van der Waals surface area contributed by atoms with Crippen molar-refractivity contribution in [2.75, 3.05) is 5.32 Å². The number of nitrogens with one attached hydrogen (secondary N) is 1. The Morgan fingerprint density at radius 1 is 1.44 bits per heavy atom. The highest BCUT2D eigenvalue weighted by atomic mass is 32.1. The lowest BCUT2D eigenvalue weighted by atomic mass is 10.1. The van der Waals surface area contributed by atoms with E-state index in [2.05, 4.69) is 37.3 Å². The maximum atomic E-state index is 4.15. The Morgan fingerprint density at radius 3 is 2.69 bits per heavy atom. The van der Waals surface area contributed by atoms with Gasteiger partial charge >= 0.3 is 0 Å². The van der Waals surface area contributed by atoms with E-state index in [1.54, 1.807) is 6.20 Å². The number of anilines is 1. The Bertz CT molecular complexity index is 484. The maximum absolute atomic E-state index is 4.15. The third kappa shape index (κ3) is 2.11. The molecule has 0 aromatic carbocycles. The molecule has 0 bridgehead atoms. The van der Waals surface area contributed by atoms with Crippen LogP contribution in [-0.4, -0.2) is 9.78 Å². The van der Waals surface area contributed by atoms with Crippen LogP contribution in [-0.2, 0) is 7.05 Å². The van der Waals surface area contributed by atoms with E-state index in [1.165, 1.54) is 15.3 Å². The van der Waals surface area contributed by atoms with Gasteiger partial charge in [0.05, 0.1) is 12.2 Å². The summed E-state index contributed by atoms with van der Waals surface area (Å²) < 4.78 is 1.85. The molecule has 0 radical (unpaired) electrons. The van der Waals surface area contributed by atoms with Gasteiger partial charge in [0.2, 0.25) is 0 Å². The van der Waals surface area contributed by atoms with Gasteiger partial charge in [-0.2, -0.15) is 5.10 Å². The summed E-state index contributed by atoms with van der Waals surface area (Å²) in [6, 6.07) is 4.57. The van der Waals surface area contributed by atoms with Gasteiger partial charge in [0, 0.05) is 22.9 Å². The molecule has 2 aromatic rings. The van der Waals surface area contributed by atoms with Gasteiger partial charge in [-0.1, -0.05) is 0 Å². The van der Waals surface area contributed by atoms with Crippen LogP contribution < -0.4 is 5.32 Å². The molecule has 2 aromatic heterocycles. The second kappa shape index (κ2) is 4.29. The molecule has 1 N–H and O–H groups in total. The van der Waals surface area contributed by atoms with E-state index in [9.17, 15) is 0 Å². The largest absolute Gasteiger partial charge is 0.364 e. The second-order valence-electron chi connectivity index (χ2n) is 4.07. The Kier molecular flexibility index (Phi) is 3.01. The summed E-state index contributed by atoms with van der Waals surface area (Å²) in [5.74, 6) is 1.05. The number of thiophene rings is 1. The van der Waals surface area contributed by atoms with E-state index >= 15 is 0 Å². The first-order valence-electron chi connectivity index (χ1n) is 5.39. The van der Waals surface area contributed by atoms with Crippen LogP contribution in [0.1, 0.15) is 28.3 Å². The molecule has 0 saturated carbocycles. The lowest BCUT2D eigenvalue weighted by Gasteiger charge is -2.15. The Labute approximate surface area is 100 Å². The maximum Gasteiger partial charge on any atom is 0.124 e. The molecule has 0 aliphatic heterocycles. The first-order valence-corrected chi connectivity index (χ1v) is 6.21. The molecule has 0 aliphatic carbocycles.